The minimum Gasteiger partial charge on any atom is -0.413 e. The molecule has 0 radical (unpaired) electrons. The Kier molecular flexibility index (Phi) is 13.9. The highest BCUT2D eigenvalue weighted by molar-refractivity contribution is 6.84. The zero-order valence-corrected chi connectivity index (χ0v) is 18.9. The van der Waals surface area contributed by atoms with Crippen LogP contribution in [-0.4, -0.2) is 14.9 Å². The minimum absolute atomic E-state index is 0.937. The van der Waals surface area contributed by atoms with Crippen molar-refractivity contribution in [2.45, 2.75) is 110 Å². The molecular weight excluding hydrogens is 332 g/mol. The molecule has 0 bridgehead atoms. The number of unbranched alkanes of at least 4 members (excludes halogenated alkanes) is 13. The van der Waals surface area contributed by atoms with Crippen LogP contribution in [0.5, 0.6) is 0 Å². The van der Waals surface area contributed by atoms with E-state index in [-0.39, 0.29) is 0 Å². The highest BCUT2D eigenvalue weighted by atomic mass is 28.4. The molecule has 1 nitrogen and oxygen atoms in total. The lowest BCUT2D eigenvalue weighted by Gasteiger charge is -2.23. The lowest BCUT2D eigenvalue weighted by atomic mass is 10.0. The van der Waals surface area contributed by atoms with Gasteiger partial charge < -0.3 is 4.43 Å². The Morgan fingerprint density at radius 1 is 0.615 bits per heavy atom. The van der Waals surface area contributed by atoms with Gasteiger partial charge in [0.2, 0.25) is 8.32 Å². The summed E-state index contributed by atoms with van der Waals surface area (Å²) in [7, 11) is -1.68. The van der Waals surface area contributed by atoms with Gasteiger partial charge in [-0.2, -0.15) is 0 Å². The van der Waals surface area contributed by atoms with Crippen LogP contribution in [0.4, 0.5) is 0 Å². The fraction of sp³-hybridized carbons (Fsp3) is 0.750. The summed E-state index contributed by atoms with van der Waals surface area (Å²) in [6.07, 6.45) is 19.8. The Morgan fingerprint density at radius 2 is 1.04 bits per heavy atom. The highest BCUT2D eigenvalue weighted by Gasteiger charge is 2.24. The van der Waals surface area contributed by atoms with Gasteiger partial charge in [0, 0.05) is 6.61 Å². The van der Waals surface area contributed by atoms with Crippen molar-refractivity contribution in [2.75, 3.05) is 6.61 Å². The second-order valence-electron chi connectivity index (χ2n) is 8.32. The third-order valence-corrected chi connectivity index (χ3v) is 8.08. The summed E-state index contributed by atoms with van der Waals surface area (Å²) >= 11 is 0. The largest absolute Gasteiger partial charge is 0.413 e. The van der Waals surface area contributed by atoms with Gasteiger partial charge in [0.25, 0.3) is 0 Å². The van der Waals surface area contributed by atoms with Crippen molar-refractivity contribution in [3.8, 4) is 0 Å². The van der Waals surface area contributed by atoms with E-state index in [0.717, 1.165) is 6.61 Å². The monoisotopic (exact) mass is 376 g/mol. The number of rotatable bonds is 17. The van der Waals surface area contributed by atoms with Crippen molar-refractivity contribution in [1.82, 2.24) is 0 Å². The second-order valence-corrected chi connectivity index (χ2v) is 12.2. The van der Waals surface area contributed by atoms with Crippen molar-refractivity contribution in [2.24, 2.45) is 0 Å². The Labute approximate surface area is 165 Å². The number of hydrogen-bond acceptors (Lipinski definition) is 1. The maximum atomic E-state index is 6.26. The first-order chi connectivity index (χ1) is 12.7. The zero-order chi connectivity index (χ0) is 18.9. The summed E-state index contributed by atoms with van der Waals surface area (Å²) in [5.41, 5.74) is 0. The third kappa shape index (κ3) is 11.9. The first-order valence-electron chi connectivity index (χ1n) is 11.4. The molecule has 0 amide bonds. The van der Waals surface area contributed by atoms with Crippen molar-refractivity contribution >= 4 is 13.5 Å². The molecule has 1 aromatic rings. The van der Waals surface area contributed by atoms with Gasteiger partial charge in [0.1, 0.15) is 0 Å². The van der Waals surface area contributed by atoms with Gasteiger partial charge in [-0.3, -0.25) is 0 Å². The van der Waals surface area contributed by atoms with E-state index in [0.29, 0.717) is 0 Å². The van der Waals surface area contributed by atoms with Gasteiger partial charge in [0.15, 0.2) is 0 Å². The Hall–Kier alpha value is -0.603. The molecule has 1 aromatic carbocycles. The van der Waals surface area contributed by atoms with Gasteiger partial charge in [0.05, 0.1) is 0 Å². The Bertz CT molecular complexity index is 415. The van der Waals surface area contributed by atoms with Gasteiger partial charge in [-0.15, -0.1) is 0 Å². The molecule has 0 atom stereocenters. The predicted molar refractivity (Wildman–Crippen MR) is 120 cm³/mol. The first kappa shape index (κ1) is 23.4. The Balaban J connectivity index is 1.85. The number of hydrogen-bond donors (Lipinski definition) is 0. The maximum absolute atomic E-state index is 6.26. The van der Waals surface area contributed by atoms with Crippen LogP contribution in [0.25, 0.3) is 0 Å². The predicted octanol–water partition coefficient (Wildman–Crippen LogP) is 7.60. The van der Waals surface area contributed by atoms with Crippen molar-refractivity contribution in [3.05, 3.63) is 30.3 Å². The lowest BCUT2D eigenvalue weighted by molar-refractivity contribution is 0.302. The van der Waals surface area contributed by atoms with Crippen LogP contribution in [0.2, 0.25) is 13.1 Å². The molecular formula is C24H44OSi. The Morgan fingerprint density at radius 3 is 1.50 bits per heavy atom. The van der Waals surface area contributed by atoms with Gasteiger partial charge in [-0.05, 0) is 24.7 Å². The fourth-order valence-corrected chi connectivity index (χ4v) is 5.36. The summed E-state index contributed by atoms with van der Waals surface area (Å²) in [5.74, 6) is 0. The van der Waals surface area contributed by atoms with E-state index in [4.69, 9.17) is 4.43 Å². The van der Waals surface area contributed by atoms with Crippen LogP contribution in [0.1, 0.15) is 96.8 Å². The summed E-state index contributed by atoms with van der Waals surface area (Å²) in [6, 6.07) is 10.8. The fourth-order valence-electron chi connectivity index (χ4n) is 3.55. The third-order valence-electron chi connectivity index (χ3n) is 5.43. The van der Waals surface area contributed by atoms with Crippen molar-refractivity contribution in [1.29, 1.82) is 0 Å². The van der Waals surface area contributed by atoms with Crippen LogP contribution >= 0.6 is 0 Å². The van der Waals surface area contributed by atoms with Gasteiger partial charge in [-0.25, -0.2) is 0 Å². The summed E-state index contributed by atoms with van der Waals surface area (Å²) in [5, 5.41) is 1.41. The van der Waals surface area contributed by atoms with Crippen LogP contribution in [0.3, 0.4) is 0 Å². The van der Waals surface area contributed by atoms with E-state index >= 15 is 0 Å². The topological polar surface area (TPSA) is 9.23 Å². The summed E-state index contributed by atoms with van der Waals surface area (Å²) < 4.78 is 6.26. The lowest BCUT2D eigenvalue weighted by Crippen LogP contribution is -2.44. The molecule has 0 heterocycles. The van der Waals surface area contributed by atoms with Crippen molar-refractivity contribution < 1.29 is 4.43 Å². The molecule has 1 rings (SSSR count). The summed E-state index contributed by atoms with van der Waals surface area (Å²) in [4.78, 5) is 0. The molecule has 0 aliphatic carbocycles. The van der Waals surface area contributed by atoms with Crippen LogP contribution in [0.15, 0.2) is 30.3 Å². The zero-order valence-electron chi connectivity index (χ0n) is 17.9. The van der Waals surface area contributed by atoms with E-state index in [2.05, 4.69) is 50.3 Å². The van der Waals surface area contributed by atoms with Gasteiger partial charge in [-0.1, -0.05) is 121 Å². The van der Waals surface area contributed by atoms with Crippen LogP contribution in [0, 0.1) is 0 Å². The molecule has 26 heavy (non-hydrogen) atoms. The standard InChI is InChI=1S/C24H44OSi/c1-4-5-6-7-8-9-10-11-12-13-14-15-16-20-23-25-26(2,3)24-21-18-17-19-22-24/h17-19,21-22H,4-16,20,23H2,1-3H3. The van der Waals surface area contributed by atoms with Gasteiger partial charge >= 0.3 is 0 Å². The molecule has 0 aliphatic rings. The highest BCUT2D eigenvalue weighted by Crippen LogP contribution is 2.13. The molecule has 2 heteroatoms. The van der Waals surface area contributed by atoms with E-state index in [9.17, 15) is 0 Å². The molecule has 0 unspecified atom stereocenters. The first-order valence-corrected chi connectivity index (χ1v) is 14.3. The summed E-state index contributed by atoms with van der Waals surface area (Å²) in [6.45, 7) is 7.85. The quantitative estimate of drug-likeness (QED) is 0.201. The average Bonchev–Trinajstić information content (AvgIpc) is 2.65. The molecule has 0 saturated heterocycles. The second kappa shape index (κ2) is 15.5. The molecule has 0 aliphatic heterocycles. The number of benzene rings is 1. The minimum atomic E-state index is -1.68. The van der Waals surface area contributed by atoms with Crippen molar-refractivity contribution in [3.63, 3.8) is 0 Å². The molecule has 0 saturated carbocycles. The van der Waals surface area contributed by atoms with E-state index < -0.39 is 8.32 Å². The smallest absolute Gasteiger partial charge is 0.218 e. The molecule has 0 fully saturated rings. The molecule has 0 spiro atoms. The van der Waals surface area contributed by atoms with E-state index in [1.165, 1.54) is 95.1 Å². The van der Waals surface area contributed by atoms with E-state index in [1.807, 2.05) is 0 Å². The SMILES string of the molecule is CCCCCCCCCCCCCCCCO[Si](C)(C)c1ccccc1. The van der Waals surface area contributed by atoms with E-state index in [1.54, 1.807) is 0 Å². The molecule has 0 aromatic heterocycles. The maximum Gasteiger partial charge on any atom is 0.218 e. The average molecular weight is 377 g/mol. The van der Waals surface area contributed by atoms with Crippen LogP contribution in [-0.2, 0) is 4.43 Å². The molecule has 150 valence electrons. The van der Waals surface area contributed by atoms with Crippen LogP contribution < -0.4 is 5.19 Å². The molecule has 0 N–H and O–H groups in total. The normalized spacial score (nSPS) is 11.8.